The predicted molar refractivity (Wildman–Crippen MR) is 54.1 cm³/mol. The lowest BCUT2D eigenvalue weighted by Gasteiger charge is -2.20. The van der Waals surface area contributed by atoms with E-state index in [-0.39, 0.29) is 5.91 Å². The van der Waals surface area contributed by atoms with Gasteiger partial charge in [-0.05, 0) is 25.3 Å². The van der Waals surface area contributed by atoms with E-state index in [4.69, 9.17) is 0 Å². The molecule has 0 aliphatic heterocycles. The van der Waals surface area contributed by atoms with Crippen molar-refractivity contribution in [2.24, 2.45) is 5.92 Å². The zero-order valence-electron chi connectivity index (χ0n) is 8.55. The highest BCUT2D eigenvalue weighted by molar-refractivity contribution is 5.77. The first-order valence-electron chi connectivity index (χ1n) is 4.80. The second-order valence-corrected chi connectivity index (χ2v) is 3.64. The first kappa shape index (κ1) is 10.0. The maximum Gasteiger partial charge on any atom is 0.223 e. The van der Waals surface area contributed by atoms with E-state index >= 15 is 0 Å². The van der Waals surface area contributed by atoms with Gasteiger partial charge in [0.25, 0.3) is 0 Å². The van der Waals surface area contributed by atoms with Crippen molar-refractivity contribution in [2.45, 2.75) is 33.6 Å². The van der Waals surface area contributed by atoms with E-state index in [9.17, 15) is 4.79 Å². The lowest BCUT2D eigenvalue weighted by atomic mass is 9.93. The van der Waals surface area contributed by atoms with Gasteiger partial charge >= 0.3 is 0 Å². The smallest absolute Gasteiger partial charge is 0.223 e. The maximum absolute atomic E-state index is 11.1. The minimum Gasteiger partial charge on any atom is -0.330 e. The molecule has 1 atom stereocenters. The molecule has 2 heteroatoms. The zero-order chi connectivity index (χ0) is 9.84. The highest BCUT2D eigenvalue weighted by Gasteiger charge is 2.13. The van der Waals surface area contributed by atoms with Crippen LogP contribution in [0.3, 0.4) is 0 Å². The molecule has 0 aromatic rings. The Labute approximate surface area is 79.7 Å². The molecule has 0 radical (unpaired) electrons. The van der Waals surface area contributed by atoms with Crippen molar-refractivity contribution in [3.8, 4) is 0 Å². The highest BCUT2D eigenvalue weighted by Crippen LogP contribution is 2.22. The second kappa shape index (κ2) is 4.26. The molecule has 1 amide bonds. The van der Waals surface area contributed by atoms with Crippen LogP contribution in [0.15, 0.2) is 23.4 Å². The number of allylic oxidation sites excluding steroid dienone is 4. The van der Waals surface area contributed by atoms with Crippen LogP contribution in [0.5, 0.6) is 0 Å². The van der Waals surface area contributed by atoms with Crippen LogP contribution >= 0.6 is 0 Å². The standard InChI is InChI=1S/C11H17NO/c1-4-11(13)12-10-6-5-8(2)7-9(10)3/h5-6,9H,4,7H2,1-3H3,(H,12,13). The Balaban J connectivity index is 2.63. The molecular formula is C11H17NO. The minimum absolute atomic E-state index is 0.103. The lowest BCUT2D eigenvalue weighted by molar-refractivity contribution is -0.120. The molecule has 1 aliphatic carbocycles. The van der Waals surface area contributed by atoms with Crippen molar-refractivity contribution in [3.63, 3.8) is 0 Å². The Morgan fingerprint density at radius 3 is 2.85 bits per heavy atom. The molecule has 0 aromatic carbocycles. The van der Waals surface area contributed by atoms with E-state index in [1.807, 2.05) is 13.0 Å². The third-order valence-corrected chi connectivity index (χ3v) is 2.31. The lowest BCUT2D eigenvalue weighted by Crippen LogP contribution is -2.26. The topological polar surface area (TPSA) is 29.1 Å². The van der Waals surface area contributed by atoms with Crippen LogP contribution in [-0.4, -0.2) is 5.91 Å². The normalized spacial score (nSPS) is 21.9. The van der Waals surface area contributed by atoms with Crippen molar-refractivity contribution in [3.05, 3.63) is 23.4 Å². The molecule has 1 unspecified atom stereocenters. The molecule has 0 spiro atoms. The van der Waals surface area contributed by atoms with Crippen molar-refractivity contribution in [1.82, 2.24) is 5.32 Å². The molecule has 0 heterocycles. The summed E-state index contributed by atoms with van der Waals surface area (Å²) in [6.45, 7) is 6.12. The zero-order valence-corrected chi connectivity index (χ0v) is 8.55. The molecule has 13 heavy (non-hydrogen) atoms. The van der Waals surface area contributed by atoms with Crippen LogP contribution in [0.2, 0.25) is 0 Å². The summed E-state index contributed by atoms with van der Waals surface area (Å²) in [6, 6.07) is 0. The van der Waals surface area contributed by atoms with E-state index in [2.05, 4.69) is 25.2 Å². The average Bonchev–Trinajstić information content (AvgIpc) is 2.09. The molecule has 1 aliphatic rings. The monoisotopic (exact) mass is 179 g/mol. The van der Waals surface area contributed by atoms with Crippen molar-refractivity contribution in [1.29, 1.82) is 0 Å². The molecule has 2 nitrogen and oxygen atoms in total. The van der Waals surface area contributed by atoms with Gasteiger partial charge in [-0.3, -0.25) is 4.79 Å². The minimum atomic E-state index is 0.103. The summed E-state index contributed by atoms with van der Waals surface area (Å²) in [6.07, 6.45) is 5.69. The van der Waals surface area contributed by atoms with Crippen molar-refractivity contribution < 1.29 is 4.79 Å². The van der Waals surface area contributed by atoms with Gasteiger partial charge in [-0.25, -0.2) is 0 Å². The van der Waals surface area contributed by atoms with E-state index in [1.54, 1.807) is 0 Å². The van der Waals surface area contributed by atoms with Crippen molar-refractivity contribution in [2.75, 3.05) is 0 Å². The number of hydrogen-bond donors (Lipinski definition) is 1. The number of hydrogen-bond acceptors (Lipinski definition) is 1. The van der Waals surface area contributed by atoms with Gasteiger partial charge < -0.3 is 5.32 Å². The molecule has 0 bridgehead atoms. The Hall–Kier alpha value is -1.05. The van der Waals surface area contributed by atoms with E-state index in [0.29, 0.717) is 12.3 Å². The molecule has 0 saturated carbocycles. The van der Waals surface area contributed by atoms with E-state index in [1.165, 1.54) is 5.57 Å². The number of carbonyl (C=O) groups is 1. The largest absolute Gasteiger partial charge is 0.330 e. The molecular weight excluding hydrogens is 162 g/mol. The first-order chi connectivity index (χ1) is 6.13. The number of amides is 1. The van der Waals surface area contributed by atoms with Gasteiger partial charge in [0.2, 0.25) is 5.91 Å². The van der Waals surface area contributed by atoms with Crippen LogP contribution in [0.1, 0.15) is 33.6 Å². The highest BCUT2D eigenvalue weighted by atomic mass is 16.1. The molecule has 0 saturated heterocycles. The summed E-state index contributed by atoms with van der Waals surface area (Å²) < 4.78 is 0. The number of rotatable bonds is 2. The number of nitrogens with one attached hydrogen (secondary N) is 1. The maximum atomic E-state index is 11.1. The summed E-state index contributed by atoms with van der Waals surface area (Å²) in [5.74, 6) is 0.548. The molecule has 72 valence electrons. The van der Waals surface area contributed by atoms with Gasteiger partial charge in [-0.1, -0.05) is 25.5 Å². The van der Waals surface area contributed by atoms with Gasteiger partial charge in [-0.15, -0.1) is 0 Å². The SMILES string of the molecule is CCC(=O)NC1=CC=C(C)CC1C. The molecule has 1 rings (SSSR count). The summed E-state index contributed by atoms with van der Waals surface area (Å²) in [4.78, 5) is 11.1. The fourth-order valence-electron chi connectivity index (χ4n) is 1.47. The van der Waals surface area contributed by atoms with Gasteiger partial charge in [0, 0.05) is 12.1 Å². The summed E-state index contributed by atoms with van der Waals surface area (Å²) in [7, 11) is 0. The molecule has 1 N–H and O–H groups in total. The quantitative estimate of drug-likeness (QED) is 0.692. The fourth-order valence-corrected chi connectivity index (χ4v) is 1.47. The Bertz CT molecular complexity index is 263. The Morgan fingerprint density at radius 2 is 2.31 bits per heavy atom. The van der Waals surface area contributed by atoms with E-state index in [0.717, 1.165) is 12.1 Å². The third kappa shape index (κ3) is 2.72. The van der Waals surface area contributed by atoms with Gasteiger partial charge in [-0.2, -0.15) is 0 Å². The Morgan fingerprint density at radius 1 is 1.62 bits per heavy atom. The van der Waals surface area contributed by atoms with Gasteiger partial charge in [0.1, 0.15) is 0 Å². The van der Waals surface area contributed by atoms with E-state index < -0.39 is 0 Å². The van der Waals surface area contributed by atoms with Crippen LogP contribution in [-0.2, 0) is 4.79 Å². The summed E-state index contributed by atoms with van der Waals surface area (Å²) >= 11 is 0. The molecule has 0 fully saturated rings. The summed E-state index contributed by atoms with van der Waals surface area (Å²) in [5, 5.41) is 2.92. The van der Waals surface area contributed by atoms with Crippen LogP contribution in [0.4, 0.5) is 0 Å². The third-order valence-electron chi connectivity index (χ3n) is 2.31. The predicted octanol–water partition coefficient (Wildman–Crippen LogP) is 2.38. The Kier molecular flexibility index (Phi) is 3.29. The second-order valence-electron chi connectivity index (χ2n) is 3.64. The molecule has 0 aromatic heterocycles. The summed E-state index contributed by atoms with van der Waals surface area (Å²) in [5.41, 5.74) is 2.43. The van der Waals surface area contributed by atoms with Crippen LogP contribution < -0.4 is 5.32 Å². The average molecular weight is 179 g/mol. The number of carbonyl (C=O) groups excluding carboxylic acids is 1. The van der Waals surface area contributed by atoms with Crippen molar-refractivity contribution >= 4 is 5.91 Å². The first-order valence-corrected chi connectivity index (χ1v) is 4.80. The van der Waals surface area contributed by atoms with Gasteiger partial charge in [0.15, 0.2) is 0 Å². The fraction of sp³-hybridized carbons (Fsp3) is 0.545. The van der Waals surface area contributed by atoms with Crippen LogP contribution in [0, 0.1) is 5.92 Å². The van der Waals surface area contributed by atoms with Crippen LogP contribution in [0.25, 0.3) is 0 Å². The van der Waals surface area contributed by atoms with Gasteiger partial charge in [0.05, 0.1) is 0 Å².